The van der Waals surface area contributed by atoms with E-state index in [9.17, 15) is 8.42 Å². The first-order chi connectivity index (χ1) is 13.1. The van der Waals surface area contributed by atoms with Crippen LogP contribution in [0.2, 0.25) is 0 Å². The van der Waals surface area contributed by atoms with E-state index in [0.717, 1.165) is 5.56 Å². The van der Waals surface area contributed by atoms with Gasteiger partial charge in [-0.05, 0) is 30.7 Å². The van der Waals surface area contributed by atoms with Crippen LogP contribution >= 0.6 is 0 Å². The number of methoxy groups -OCH3 is 1. The van der Waals surface area contributed by atoms with Crippen LogP contribution in [0, 0.1) is 0 Å². The molecule has 1 atom stereocenters. The highest BCUT2D eigenvalue weighted by molar-refractivity contribution is 7.89. The maximum atomic E-state index is 12.9. The zero-order chi connectivity index (χ0) is 18.9. The van der Waals surface area contributed by atoms with E-state index in [1.807, 2.05) is 30.3 Å². The van der Waals surface area contributed by atoms with Crippen LogP contribution in [-0.4, -0.2) is 43.1 Å². The van der Waals surface area contributed by atoms with Crippen LogP contribution in [-0.2, 0) is 10.0 Å². The first-order valence-electron chi connectivity index (χ1n) is 8.61. The fourth-order valence-electron chi connectivity index (χ4n) is 3.17. The first kappa shape index (κ1) is 17.7. The number of hydrogen-bond donors (Lipinski definition) is 0. The Kier molecular flexibility index (Phi) is 4.67. The molecule has 8 heteroatoms. The van der Waals surface area contributed by atoms with Gasteiger partial charge in [0, 0.05) is 30.6 Å². The average Bonchev–Trinajstić information content (AvgIpc) is 3.38. The fraction of sp³-hybridized carbons (Fsp3) is 0.263. The molecule has 140 valence electrons. The van der Waals surface area contributed by atoms with Crippen molar-refractivity contribution in [3.63, 3.8) is 0 Å². The molecular weight excluding hydrogens is 366 g/mol. The molecule has 1 aromatic heterocycles. The van der Waals surface area contributed by atoms with Gasteiger partial charge in [-0.3, -0.25) is 0 Å². The summed E-state index contributed by atoms with van der Waals surface area (Å²) in [5.74, 6) is 1.40. The van der Waals surface area contributed by atoms with Crippen LogP contribution in [0.5, 0.6) is 5.75 Å². The van der Waals surface area contributed by atoms with E-state index in [0.29, 0.717) is 37.0 Å². The number of sulfonamides is 1. The molecule has 1 fully saturated rings. The highest BCUT2D eigenvalue weighted by Gasteiger charge is 2.35. The second kappa shape index (κ2) is 7.13. The molecule has 3 aromatic rings. The second-order valence-corrected chi connectivity index (χ2v) is 8.29. The van der Waals surface area contributed by atoms with E-state index in [1.165, 1.54) is 17.5 Å². The van der Waals surface area contributed by atoms with E-state index in [4.69, 9.17) is 9.26 Å². The Hall–Kier alpha value is -2.71. The number of rotatable bonds is 5. The largest absolute Gasteiger partial charge is 0.497 e. The second-order valence-electron chi connectivity index (χ2n) is 6.35. The van der Waals surface area contributed by atoms with Crippen LogP contribution in [0.4, 0.5) is 0 Å². The molecule has 2 heterocycles. The molecule has 0 radical (unpaired) electrons. The van der Waals surface area contributed by atoms with Crippen molar-refractivity contribution >= 4 is 10.0 Å². The topological polar surface area (TPSA) is 85.5 Å². The van der Waals surface area contributed by atoms with Crippen molar-refractivity contribution in [1.29, 1.82) is 0 Å². The molecule has 0 amide bonds. The van der Waals surface area contributed by atoms with E-state index in [-0.39, 0.29) is 10.8 Å². The molecule has 1 aliphatic rings. The summed E-state index contributed by atoms with van der Waals surface area (Å²) in [6, 6.07) is 16.0. The number of ether oxygens (including phenoxy) is 1. The van der Waals surface area contributed by atoms with Crippen LogP contribution in [0.1, 0.15) is 18.2 Å². The van der Waals surface area contributed by atoms with Gasteiger partial charge in [0.15, 0.2) is 5.82 Å². The monoisotopic (exact) mass is 385 g/mol. The van der Waals surface area contributed by atoms with Gasteiger partial charge in [-0.25, -0.2) is 8.42 Å². The molecule has 27 heavy (non-hydrogen) atoms. The van der Waals surface area contributed by atoms with Crippen molar-refractivity contribution in [3.05, 3.63) is 60.4 Å². The summed E-state index contributed by atoms with van der Waals surface area (Å²) in [6.07, 6.45) is 0.650. The lowest BCUT2D eigenvalue weighted by atomic mass is 10.1. The van der Waals surface area contributed by atoms with E-state index in [2.05, 4.69) is 10.1 Å². The molecule has 0 bridgehead atoms. The lowest BCUT2D eigenvalue weighted by Gasteiger charge is -2.16. The van der Waals surface area contributed by atoms with Crippen molar-refractivity contribution in [2.45, 2.75) is 17.2 Å². The summed E-state index contributed by atoms with van der Waals surface area (Å²) >= 11 is 0. The minimum atomic E-state index is -3.59. The average molecular weight is 385 g/mol. The third-order valence-corrected chi connectivity index (χ3v) is 6.52. The van der Waals surface area contributed by atoms with Gasteiger partial charge in [0.2, 0.25) is 10.0 Å². The van der Waals surface area contributed by atoms with Crippen LogP contribution in [0.3, 0.4) is 0 Å². The van der Waals surface area contributed by atoms with Crippen molar-refractivity contribution in [1.82, 2.24) is 14.4 Å². The molecule has 0 spiro atoms. The van der Waals surface area contributed by atoms with Crippen molar-refractivity contribution < 1.29 is 17.7 Å². The standard InChI is InChI=1S/C19H19N3O4S/c1-25-16-8-5-9-17(12-16)27(23,24)22-11-10-15(13-22)18-20-19(26-21-18)14-6-3-2-4-7-14/h2-9,12,15H,10-11,13H2,1H3/t15-/m1/s1. The molecule has 4 rings (SSSR count). The maximum Gasteiger partial charge on any atom is 0.257 e. The summed E-state index contributed by atoms with van der Waals surface area (Å²) in [7, 11) is -2.08. The third kappa shape index (κ3) is 3.45. The number of benzene rings is 2. The molecular formula is C19H19N3O4S. The summed E-state index contributed by atoms with van der Waals surface area (Å²) < 4.78 is 37.8. The Bertz CT molecular complexity index is 1030. The van der Waals surface area contributed by atoms with E-state index in [1.54, 1.807) is 18.2 Å². The summed E-state index contributed by atoms with van der Waals surface area (Å²) in [4.78, 5) is 4.68. The van der Waals surface area contributed by atoms with Gasteiger partial charge < -0.3 is 9.26 Å². The molecule has 0 aliphatic carbocycles. The Morgan fingerprint density at radius 2 is 1.96 bits per heavy atom. The Labute approximate surface area is 157 Å². The van der Waals surface area contributed by atoms with Gasteiger partial charge in [0.1, 0.15) is 5.75 Å². The van der Waals surface area contributed by atoms with E-state index >= 15 is 0 Å². The van der Waals surface area contributed by atoms with E-state index < -0.39 is 10.0 Å². The Balaban J connectivity index is 1.52. The lowest BCUT2D eigenvalue weighted by molar-refractivity contribution is 0.411. The van der Waals surface area contributed by atoms with Crippen LogP contribution in [0.15, 0.2) is 64.0 Å². The summed E-state index contributed by atoms with van der Waals surface area (Å²) in [5, 5.41) is 4.06. The van der Waals surface area contributed by atoms with Crippen molar-refractivity contribution in [2.24, 2.45) is 0 Å². The predicted molar refractivity (Wildman–Crippen MR) is 98.8 cm³/mol. The smallest absolute Gasteiger partial charge is 0.257 e. The number of nitrogens with zero attached hydrogens (tertiary/aromatic N) is 3. The van der Waals surface area contributed by atoms with Gasteiger partial charge in [-0.2, -0.15) is 9.29 Å². The van der Waals surface area contributed by atoms with Crippen LogP contribution in [0.25, 0.3) is 11.5 Å². The molecule has 0 N–H and O–H groups in total. The van der Waals surface area contributed by atoms with Gasteiger partial charge in [-0.1, -0.05) is 29.4 Å². The normalized spacial score (nSPS) is 17.9. The zero-order valence-electron chi connectivity index (χ0n) is 14.8. The predicted octanol–water partition coefficient (Wildman–Crippen LogP) is 2.92. The molecule has 1 saturated heterocycles. The first-order valence-corrected chi connectivity index (χ1v) is 10.0. The molecule has 7 nitrogen and oxygen atoms in total. The molecule has 1 aliphatic heterocycles. The third-order valence-electron chi connectivity index (χ3n) is 4.66. The minimum absolute atomic E-state index is 0.0911. The maximum absolute atomic E-state index is 12.9. The molecule has 0 unspecified atom stereocenters. The highest BCUT2D eigenvalue weighted by atomic mass is 32.2. The summed E-state index contributed by atoms with van der Waals surface area (Å²) in [5.41, 5.74) is 0.843. The number of aromatic nitrogens is 2. The SMILES string of the molecule is COc1cccc(S(=O)(=O)N2CC[C@@H](c3noc(-c4ccccc4)n3)C2)c1. The van der Waals surface area contributed by atoms with Crippen LogP contribution < -0.4 is 4.74 Å². The van der Waals surface area contributed by atoms with Gasteiger partial charge in [0.05, 0.1) is 12.0 Å². The summed E-state index contributed by atoms with van der Waals surface area (Å²) in [6.45, 7) is 0.743. The number of hydrogen-bond acceptors (Lipinski definition) is 6. The van der Waals surface area contributed by atoms with Crippen molar-refractivity contribution in [3.8, 4) is 17.2 Å². The van der Waals surface area contributed by atoms with Gasteiger partial charge in [-0.15, -0.1) is 0 Å². The quantitative estimate of drug-likeness (QED) is 0.671. The zero-order valence-corrected chi connectivity index (χ0v) is 15.6. The highest BCUT2D eigenvalue weighted by Crippen LogP contribution is 2.31. The molecule has 0 saturated carbocycles. The fourth-order valence-corrected chi connectivity index (χ4v) is 4.70. The van der Waals surface area contributed by atoms with Crippen molar-refractivity contribution in [2.75, 3.05) is 20.2 Å². The Morgan fingerprint density at radius 3 is 2.74 bits per heavy atom. The van der Waals surface area contributed by atoms with Gasteiger partial charge in [0.25, 0.3) is 5.89 Å². The Morgan fingerprint density at radius 1 is 1.15 bits per heavy atom. The lowest BCUT2D eigenvalue weighted by Crippen LogP contribution is -2.28. The molecule has 2 aromatic carbocycles. The van der Waals surface area contributed by atoms with Gasteiger partial charge >= 0.3 is 0 Å². The minimum Gasteiger partial charge on any atom is -0.497 e.